The van der Waals surface area contributed by atoms with E-state index in [1.54, 1.807) is 43.5 Å². The number of carbonyl (C=O) groups excluding carboxylic acids is 1. The smallest absolute Gasteiger partial charge is 0.262 e. The second kappa shape index (κ2) is 11.6. The summed E-state index contributed by atoms with van der Waals surface area (Å²) in [5, 5.41) is 12.2. The van der Waals surface area contributed by atoms with E-state index in [0.29, 0.717) is 20.3 Å². The van der Waals surface area contributed by atoms with Crippen LogP contribution in [0, 0.1) is 17.1 Å². The molecular formula is C25H19Br2FN2O3. The van der Waals surface area contributed by atoms with Gasteiger partial charge in [-0.15, -0.1) is 0 Å². The van der Waals surface area contributed by atoms with Crippen molar-refractivity contribution in [1.82, 2.24) is 5.32 Å². The number of halogens is 3. The number of benzene rings is 3. The Balaban J connectivity index is 1.68. The largest absolute Gasteiger partial charge is 0.497 e. The fraction of sp³-hybridized carbons (Fsp3) is 0.120. The standard InChI is InChI=1S/C25H19Br2FN2O3/c1-32-21-8-4-16(5-9-21)14-30-25(31)19(13-29)10-18-11-22(26)24(23(27)12-18)33-15-17-2-6-20(28)7-3-17/h2-12H,14-15H2,1H3,(H,30,31). The van der Waals surface area contributed by atoms with Crippen molar-refractivity contribution in [1.29, 1.82) is 5.26 Å². The molecule has 33 heavy (non-hydrogen) atoms. The van der Waals surface area contributed by atoms with Crippen molar-refractivity contribution >= 4 is 43.8 Å². The number of hydrogen-bond acceptors (Lipinski definition) is 4. The Morgan fingerprint density at radius 3 is 2.24 bits per heavy atom. The van der Waals surface area contributed by atoms with E-state index in [9.17, 15) is 14.4 Å². The monoisotopic (exact) mass is 572 g/mol. The quantitative estimate of drug-likeness (QED) is 0.259. The maximum Gasteiger partial charge on any atom is 0.262 e. The molecule has 3 aromatic rings. The van der Waals surface area contributed by atoms with Crippen molar-refractivity contribution in [3.8, 4) is 17.6 Å². The maximum absolute atomic E-state index is 13.1. The van der Waals surface area contributed by atoms with Gasteiger partial charge in [0.1, 0.15) is 35.6 Å². The summed E-state index contributed by atoms with van der Waals surface area (Å²) in [4.78, 5) is 12.5. The van der Waals surface area contributed by atoms with Crippen molar-refractivity contribution in [2.24, 2.45) is 0 Å². The summed E-state index contributed by atoms with van der Waals surface area (Å²) in [6, 6.07) is 18.8. The number of nitriles is 1. The van der Waals surface area contributed by atoms with Gasteiger partial charge in [0.15, 0.2) is 0 Å². The molecule has 1 N–H and O–H groups in total. The highest BCUT2D eigenvalue weighted by Crippen LogP contribution is 2.36. The van der Waals surface area contributed by atoms with E-state index >= 15 is 0 Å². The lowest BCUT2D eigenvalue weighted by Crippen LogP contribution is -2.23. The van der Waals surface area contributed by atoms with E-state index in [4.69, 9.17) is 9.47 Å². The lowest BCUT2D eigenvalue weighted by molar-refractivity contribution is -0.117. The van der Waals surface area contributed by atoms with Gasteiger partial charge >= 0.3 is 0 Å². The molecule has 3 rings (SSSR count). The fourth-order valence-corrected chi connectivity index (χ4v) is 4.32. The van der Waals surface area contributed by atoms with Gasteiger partial charge in [-0.3, -0.25) is 4.79 Å². The topological polar surface area (TPSA) is 71.3 Å². The van der Waals surface area contributed by atoms with Crippen LogP contribution in [0.5, 0.6) is 11.5 Å². The number of rotatable bonds is 8. The highest BCUT2D eigenvalue weighted by atomic mass is 79.9. The molecule has 168 valence electrons. The molecule has 0 aromatic heterocycles. The lowest BCUT2D eigenvalue weighted by Gasteiger charge is -2.12. The molecule has 0 bridgehead atoms. The van der Waals surface area contributed by atoms with Crippen molar-refractivity contribution in [3.63, 3.8) is 0 Å². The molecule has 0 saturated heterocycles. The van der Waals surface area contributed by atoms with Crippen LogP contribution in [0.2, 0.25) is 0 Å². The molecule has 0 aliphatic rings. The second-order valence-electron chi connectivity index (χ2n) is 6.93. The Hall–Kier alpha value is -3.15. The molecular weight excluding hydrogens is 555 g/mol. The normalized spacial score (nSPS) is 10.9. The minimum Gasteiger partial charge on any atom is -0.497 e. The van der Waals surface area contributed by atoms with Crippen LogP contribution in [0.4, 0.5) is 4.39 Å². The van der Waals surface area contributed by atoms with Crippen molar-refractivity contribution in [2.75, 3.05) is 7.11 Å². The summed E-state index contributed by atoms with van der Waals surface area (Å²) in [6.45, 7) is 0.537. The first-order chi connectivity index (χ1) is 15.9. The number of hydrogen-bond donors (Lipinski definition) is 1. The molecule has 3 aromatic carbocycles. The first kappa shape index (κ1) is 24.5. The third-order valence-electron chi connectivity index (χ3n) is 4.61. The zero-order valence-corrected chi connectivity index (χ0v) is 20.7. The number of ether oxygens (including phenoxy) is 2. The van der Waals surface area contributed by atoms with Crippen molar-refractivity contribution in [2.45, 2.75) is 13.2 Å². The SMILES string of the molecule is COc1ccc(CNC(=O)C(C#N)=Cc2cc(Br)c(OCc3ccc(F)cc3)c(Br)c2)cc1. The van der Waals surface area contributed by atoms with E-state index in [1.807, 2.05) is 18.2 Å². The molecule has 0 fully saturated rings. The predicted octanol–water partition coefficient (Wildman–Crippen LogP) is 6.16. The third kappa shape index (κ3) is 6.91. The number of nitrogens with one attached hydrogen (secondary N) is 1. The molecule has 0 unspecified atom stereocenters. The maximum atomic E-state index is 13.1. The number of methoxy groups -OCH3 is 1. The van der Waals surface area contributed by atoms with Crippen LogP contribution in [0.1, 0.15) is 16.7 Å². The van der Waals surface area contributed by atoms with Crippen LogP contribution < -0.4 is 14.8 Å². The van der Waals surface area contributed by atoms with E-state index in [1.165, 1.54) is 18.2 Å². The van der Waals surface area contributed by atoms with Gasteiger partial charge < -0.3 is 14.8 Å². The van der Waals surface area contributed by atoms with Gasteiger partial charge in [-0.05, 0) is 91.0 Å². The molecule has 8 heteroatoms. The van der Waals surface area contributed by atoms with Gasteiger partial charge in [-0.1, -0.05) is 24.3 Å². The third-order valence-corrected chi connectivity index (χ3v) is 5.78. The van der Waals surface area contributed by atoms with Gasteiger partial charge in [0, 0.05) is 6.54 Å². The average molecular weight is 574 g/mol. The highest BCUT2D eigenvalue weighted by molar-refractivity contribution is 9.11. The number of nitrogens with zero attached hydrogens (tertiary/aromatic N) is 1. The first-order valence-electron chi connectivity index (χ1n) is 9.79. The minimum atomic E-state index is -0.475. The first-order valence-corrected chi connectivity index (χ1v) is 11.4. The molecule has 0 saturated carbocycles. The molecule has 0 radical (unpaired) electrons. The van der Waals surface area contributed by atoms with Crippen LogP contribution in [-0.4, -0.2) is 13.0 Å². The van der Waals surface area contributed by atoms with Gasteiger partial charge in [0.25, 0.3) is 5.91 Å². The highest BCUT2D eigenvalue weighted by Gasteiger charge is 2.13. The molecule has 0 aliphatic heterocycles. The molecule has 0 heterocycles. The van der Waals surface area contributed by atoms with E-state index in [2.05, 4.69) is 37.2 Å². The van der Waals surface area contributed by atoms with Crippen molar-refractivity contribution in [3.05, 3.63) is 97.7 Å². The average Bonchev–Trinajstić information content (AvgIpc) is 2.82. The van der Waals surface area contributed by atoms with Gasteiger partial charge in [0.2, 0.25) is 0 Å². The summed E-state index contributed by atoms with van der Waals surface area (Å²) in [6.07, 6.45) is 1.50. The van der Waals surface area contributed by atoms with Gasteiger partial charge in [-0.2, -0.15) is 5.26 Å². The van der Waals surface area contributed by atoms with E-state index < -0.39 is 5.91 Å². The Kier molecular flexibility index (Phi) is 8.64. The van der Waals surface area contributed by atoms with Crippen LogP contribution >= 0.6 is 31.9 Å². The Morgan fingerprint density at radius 2 is 1.67 bits per heavy atom. The van der Waals surface area contributed by atoms with Crippen molar-refractivity contribution < 1.29 is 18.7 Å². The predicted molar refractivity (Wildman–Crippen MR) is 131 cm³/mol. The Bertz CT molecular complexity index is 1180. The molecule has 1 amide bonds. The van der Waals surface area contributed by atoms with E-state index in [0.717, 1.165) is 16.9 Å². The van der Waals surface area contributed by atoms with E-state index in [-0.39, 0.29) is 24.5 Å². The Morgan fingerprint density at radius 1 is 1.06 bits per heavy atom. The van der Waals surface area contributed by atoms with Crippen LogP contribution in [0.15, 0.2) is 75.2 Å². The van der Waals surface area contributed by atoms with Gasteiger partial charge in [-0.25, -0.2) is 4.39 Å². The lowest BCUT2D eigenvalue weighted by atomic mass is 10.1. The summed E-state index contributed by atoms with van der Waals surface area (Å²) in [7, 11) is 1.59. The number of carbonyl (C=O) groups is 1. The fourth-order valence-electron chi connectivity index (χ4n) is 2.87. The molecule has 0 aliphatic carbocycles. The molecule has 0 atom stereocenters. The summed E-state index contributed by atoms with van der Waals surface area (Å²) in [5.41, 5.74) is 2.32. The summed E-state index contributed by atoms with van der Waals surface area (Å²) >= 11 is 6.93. The zero-order valence-electron chi connectivity index (χ0n) is 17.6. The van der Waals surface area contributed by atoms with Crippen LogP contribution in [0.25, 0.3) is 6.08 Å². The Labute approximate surface area is 208 Å². The van der Waals surface area contributed by atoms with Crippen LogP contribution in [0.3, 0.4) is 0 Å². The summed E-state index contributed by atoms with van der Waals surface area (Å²) < 4.78 is 25.3. The molecule has 0 spiro atoms. The second-order valence-corrected chi connectivity index (χ2v) is 8.64. The minimum absolute atomic E-state index is 0.0257. The molecule has 5 nitrogen and oxygen atoms in total. The number of amides is 1. The van der Waals surface area contributed by atoms with Crippen LogP contribution in [-0.2, 0) is 17.9 Å². The van der Waals surface area contributed by atoms with Gasteiger partial charge in [0.05, 0.1) is 16.1 Å². The summed E-state index contributed by atoms with van der Waals surface area (Å²) in [5.74, 6) is 0.499. The zero-order chi connectivity index (χ0) is 23.8.